The molecule has 1 aromatic rings. The Morgan fingerprint density at radius 3 is 2.57 bits per heavy atom. The van der Waals surface area contributed by atoms with Gasteiger partial charge in [-0.1, -0.05) is 26.8 Å². The normalized spacial score (nSPS) is 36.7. The quantitative estimate of drug-likeness (QED) is 0.879. The van der Waals surface area contributed by atoms with Gasteiger partial charge in [0.2, 0.25) is 5.91 Å². The van der Waals surface area contributed by atoms with E-state index in [4.69, 9.17) is 0 Å². The van der Waals surface area contributed by atoms with Gasteiger partial charge in [-0.15, -0.1) is 0 Å². The minimum absolute atomic E-state index is 0.00544. The van der Waals surface area contributed by atoms with Crippen LogP contribution in [0, 0.1) is 23.2 Å². The van der Waals surface area contributed by atoms with Crippen molar-refractivity contribution in [1.29, 1.82) is 0 Å². The Hall–Kier alpha value is -1.42. The van der Waals surface area contributed by atoms with E-state index in [0.717, 1.165) is 18.5 Å². The van der Waals surface area contributed by atoms with Crippen molar-refractivity contribution in [3.8, 4) is 0 Å². The number of nitrogens with one attached hydrogen (secondary N) is 1. The van der Waals surface area contributed by atoms with Crippen LogP contribution in [0.4, 0.5) is 5.82 Å². The Morgan fingerprint density at radius 1 is 1.33 bits per heavy atom. The van der Waals surface area contributed by atoms with Gasteiger partial charge in [-0.3, -0.25) is 4.79 Å². The molecule has 4 heteroatoms. The maximum atomic E-state index is 12.9. The zero-order valence-electron chi connectivity index (χ0n) is 13.2. The molecular weight excluding hydrogens is 264 g/mol. The zero-order chi connectivity index (χ0) is 15.5. The molecule has 2 fully saturated rings. The lowest BCUT2D eigenvalue weighted by Crippen LogP contribution is -2.43. The van der Waals surface area contributed by atoms with Crippen molar-refractivity contribution >= 4 is 11.7 Å². The molecule has 114 valence electrons. The predicted molar refractivity (Wildman–Crippen MR) is 81.8 cm³/mol. The van der Waals surface area contributed by atoms with Crippen molar-refractivity contribution in [3.63, 3.8) is 0 Å². The predicted octanol–water partition coefficient (Wildman–Crippen LogP) is 2.91. The average Bonchev–Trinajstić information content (AvgIpc) is 2.69. The van der Waals surface area contributed by atoms with Gasteiger partial charge in [0.25, 0.3) is 0 Å². The number of aliphatic hydroxyl groups is 1. The van der Waals surface area contributed by atoms with Gasteiger partial charge in [0.05, 0.1) is 11.5 Å². The van der Waals surface area contributed by atoms with Gasteiger partial charge in [0, 0.05) is 5.69 Å². The van der Waals surface area contributed by atoms with Crippen LogP contribution < -0.4 is 5.32 Å². The third kappa shape index (κ3) is 1.71. The van der Waals surface area contributed by atoms with E-state index in [2.05, 4.69) is 31.1 Å². The number of hydrogen-bond acceptors (Lipinski definition) is 3. The number of pyridine rings is 1. The number of rotatable bonds is 2. The van der Waals surface area contributed by atoms with Crippen LogP contribution in [0.5, 0.6) is 0 Å². The summed E-state index contributed by atoms with van der Waals surface area (Å²) in [5.41, 5.74) is -0.00289. The van der Waals surface area contributed by atoms with Crippen LogP contribution in [0.3, 0.4) is 0 Å². The lowest BCUT2D eigenvalue weighted by Gasteiger charge is -2.40. The van der Waals surface area contributed by atoms with E-state index in [9.17, 15) is 9.90 Å². The van der Waals surface area contributed by atoms with Gasteiger partial charge in [-0.2, -0.15) is 0 Å². The molecule has 1 aromatic heterocycles. The molecule has 4 nitrogen and oxygen atoms in total. The van der Waals surface area contributed by atoms with Crippen molar-refractivity contribution in [2.24, 2.45) is 16.2 Å². The highest BCUT2D eigenvalue weighted by molar-refractivity contribution is 5.96. The number of carbonyl (C=O) groups is 1. The van der Waals surface area contributed by atoms with Crippen LogP contribution >= 0.6 is 0 Å². The van der Waals surface area contributed by atoms with Crippen LogP contribution in [0.1, 0.15) is 45.7 Å². The molecule has 0 unspecified atom stereocenters. The molecule has 2 N–H and O–H groups in total. The van der Waals surface area contributed by atoms with Crippen LogP contribution in [0.15, 0.2) is 18.2 Å². The fraction of sp³-hybridized carbons (Fsp3) is 0.647. The molecule has 2 aliphatic rings. The van der Waals surface area contributed by atoms with Crippen LogP contribution in [0.2, 0.25) is 0 Å². The first-order valence-electron chi connectivity index (χ1n) is 7.66. The highest BCUT2D eigenvalue weighted by Crippen LogP contribution is 2.72. The van der Waals surface area contributed by atoms with Crippen molar-refractivity contribution < 1.29 is 9.90 Å². The summed E-state index contributed by atoms with van der Waals surface area (Å²) in [5, 5.41) is 13.4. The van der Waals surface area contributed by atoms with Crippen LogP contribution in [-0.2, 0) is 4.79 Å². The van der Waals surface area contributed by atoms with Gasteiger partial charge in [0.1, 0.15) is 5.82 Å². The summed E-state index contributed by atoms with van der Waals surface area (Å²) in [6, 6.07) is 5.61. The molecule has 0 aliphatic heterocycles. The maximum absolute atomic E-state index is 12.9. The van der Waals surface area contributed by atoms with Crippen molar-refractivity contribution in [3.05, 3.63) is 23.9 Å². The molecule has 0 spiro atoms. The molecular formula is C17H24N2O2. The SMILES string of the molecule is Cc1cccc(NC(=O)[C@@]23CC[C@](C)([C@@H](O)C2)C3(C)C)n1. The van der Waals surface area contributed by atoms with Gasteiger partial charge >= 0.3 is 0 Å². The Balaban J connectivity index is 1.91. The second-order valence-corrected chi connectivity index (χ2v) is 7.46. The first kappa shape index (κ1) is 14.5. The number of amides is 1. The highest BCUT2D eigenvalue weighted by Gasteiger charge is 2.72. The van der Waals surface area contributed by atoms with Gasteiger partial charge in [0.15, 0.2) is 0 Å². The number of fused-ring (bicyclic) bond motifs is 2. The molecule has 0 radical (unpaired) electrons. The molecule has 21 heavy (non-hydrogen) atoms. The van der Waals surface area contributed by atoms with E-state index in [0.29, 0.717) is 12.2 Å². The largest absolute Gasteiger partial charge is 0.393 e. The molecule has 2 saturated carbocycles. The van der Waals surface area contributed by atoms with Gasteiger partial charge < -0.3 is 10.4 Å². The minimum atomic E-state index is -0.493. The Morgan fingerprint density at radius 2 is 2.05 bits per heavy atom. The lowest BCUT2D eigenvalue weighted by atomic mass is 9.64. The second kappa shape index (κ2) is 4.29. The molecule has 3 atom stereocenters. The average molecular weight is 288 g/mol. The maximum Gasteiger partial charge on any atom is 0.232 e. The Labute approximate surface area is 126 Å². The third-order valence-corrected chi connectivity index (χ3v) is 6.54. The topological polar surface area (TPSA) is 62.2 Å². The van der Waals surface area contributed by atoms with E-state index in [1.54, 1.807) is 0 Å². The molecule has 1 amide bonds. The molecule has 2 aliphatic carbocycles. The second-order valence-electron chi connectivity index (χ2n) is 7.46. The first-order valence-corrected chi connectivity index (χ1v) is 7.66. The summed E-state index contributed by atoms with van der Waals surface area (Å²) in [5.74, 6) is 0.603. The van der Waals surface area contributed by atoms with E-state index in [-0.39, 0.29) is 16.7 Å². The fourth-order valence-electron chi connectivity index (χ4n) is 4.48. The van der Waals surface area contributed by atoms with Crippen molar-refractivity contribution in [2.75, 3.05) is 5.32 Å². The molecule has 2 bridgehead atoms. The standard InChI is InChI=1S/C17H24N2O2/c1-11-6-5-7-13(18-11)19-14(21)17-9-8-16(4,12(20)10-17)15(17,2)3/h5-7,12,20H,8-10H2,1-4H3,(H,18,19,21)/t12-,16+,17+/m0/s1. The number of nitrogens with zero attached hydrogens (tertiary/aromatic N) is 1. The summed E-state index contributed by atoms with van der Waals surface area (Å²) < 4.78 is 0. The minimum Gasteiger partial charge on any atom is -0.393 e. The number of aryl methyl sites for hydroxylation is 1. The zero-order valence-corrected chi connectivity index (χ0v) is 13.2. The highest BCUT2D eigenvalue weighted by atomic mass is 16.3. The summed E-state index contributed by atoms with van der Waals surface area (Å²) in [6.45, 7) is 8.27. The van der Waals surface area contributed by atoms with Crippen LogP contribution in [0.25, 0.3) is 0 Å². The van der Waals surface area contributed by atoms with E-state index in [1.807, 2.05) is 25.1 Å². The summed E-state index contributed by atoms with van der Waals surface area (Å²) in [4.78, 5) is 17.3. The molecule has 0 aromatic carbocycles. The Kier molecular flexibility index (Phi) is 2.97. The van der Waals surface area contributed by atoms with E-state index < -0.39 is 11.5 Å². The summed E-state index contributed by atoms with van der Waals surface area (Å²) in [7, 11) is 0. The van der Waals surface area contributed by atoms with Crippen LogP contribution in [-0.4, -0.2) is 22.1 Å². The van der Waals surface area contributed by atoms with Gasteiger partial charge in [-0.25, -0.2) is 4.98 Å². The molecule has 3 rings (SSSR count). The number of aromatic nitrogens is 1. The van der Waals surface area contributed by atoms with Gasteiger partial charge in [-0.05, 0) is 49.1 Å². The van der Waals surface area contributed by atoms with Crippen molar-refractivity contribution in [2.45, 2.75) is 53.1 Å². The fourth-order valence-corrected chi connectivity index (χ4v) is 4.48. The monoisotopic (exact) mass is 288 g/mol. The summed E-state index contributed by atoms with van der Waals surface area (Å²) >= 11 is 0. The number of aliphatic hydroxyl groups excluding tert-OH is 1. The van der Waals surface area contributed by atoms with E-state index in [1.165, 1.54) is 0 Å². The van der Waals surface area contributed by atoms with Crippen molar-refractivity contribution in [1.82, 2.24) is 4.98 Å². The number of anilines is 1. The Bertz CT molecular complexity index is 598. The summed E-state index contributed by atoms with van der Waals surface area (Å²) in [6.07, 6.45) is 1.88. The number of hydrogen-bond donors (Lipinski definition) is 2. The number of carbonyl (C=O) groups excluding carboxylic acids is 1. The lowest BCUT2D eigenvalue weighted by molar-refractivity contribution is -0.130. The van der Waals surface area contributed by atoms with E-state index >= 15 is 0 Å². The smallest absolute Gasteiger partial charge is 0.232 e. The third-order valence-electron chi connectivity index (χ3n) is 6.54. The molecule has 1 heterocycles. The molecule has 0 saturated heterocycles. The first-order chi connectivity index (χ1) is 9.73.